The highest BCUT2D eigenvalue weighted by atomic mass is 16.5. The molecule has 1 saturated carbocycles. The number of esters is 1. The Morgan fingerprint density at radius 2 is 2.06 bits per heavy atom. The van der Waals surface area contributed by atoms with Gasteiger partial charge in [0.05, 0.1) is 13.2 Å². The monoisotopic (exact) mass is 256 g/mol. The van der Waals surface area contributed by atoms with Crippen molar-refractivity contribution in [2.75, 3.05) is 13.7 Å². The summed E-state index contributed by atoms with van der Waals surface area (Å²) in [4.78, 5) is 11.0. The molecule has 1 aliphatic carbocycles. The lowest BCUT2D eigenvalue weighted by molar-refractivity contribution is -0.141. The average molecular weight is 256 g/mol. The number of hydrogen-bond donors (Lipinski definition) is 0. The average Bonchev–Trinajstić information content (AvgIpc) is 2.34. The van der Waals surface area contributed by atoms with Gasteiger partial charge in [0.2, 0.25) is 0 Å². The van der Waals surface area contributed by atoms with Crippen molar-refractivity contribution in [2.24, 2.45) is 17.8 Å². The van der Waals surface area contributed by atoms with Crippen molar-refractivity contribution in [3.05, 3.63) is 0 Å². The zero-order valence-corrected chi connectivity index (χ0v) is 12.3. The molecule has 0 N–H and O–H groups in total. The lowest BCUT2D eigenvalue weighted by Crippen LogP contribution is -2.34. The molecule has 18 heavy (non-hydrogen) atoms. The number of ether oxygens (including phenoxy) is 2. The lowest BCUT2D eigenvalue weighted by atomic mass is 9.75. The van der Waals surface area contributed by atoms with E-state index >= 15 is 0 Å². The van der Waals surface area contributed by atoms with Crippen LogP contribution in [0.1, 0.15) is 52.9 Å². The second-order valence-corrected chi connectivity index (χ2v) is 5.92. The highest BCUT2D eigenvalue weighted by molar-refractivity contribution is 5.68. The zero-order chi connectivity index (χ0) is 13.5. The topological polar surface area (TPSA) is 35.5 Å². The van der Waals surface area contributed by atoms with Crippen LogP contribution < -0.4 is 0 Å². The minimum absolute atomic E-state index is 0.143. The van der Waals surface area contributed by atoms with Crippen LogP contribution in [0.3, 0.4) is 0 Å². The molecule has 0 heterocycles. The van der Waals surface area contributed by atoms with Crippen molar-refractivity contribution < 1.29 is 14.3 Å². The van der Waals surface area contributed by atoms with E-state index < -0.39 is 0 Å². The maximum Gasteiger partial charge on any atom is 0.305 e. The standard InChI is InChI=1S/C15H28O3/c1-11(2)13-8-7-12(3)10-14(13)18-9-5-6-15(16)17-4/h11-14H,5-10H2,1-4H3. The maximum absolute atomic E-state index is 11.0. The fraction of sp³-hybridized carbons (Fsp3) is 0.933. The molecule has 1 fully saturated rings. The molecule has 0 aromatic rings. The number of hydrogen-bond acceptors (Lipinski definition) is 3. The van der Waals surface area contributed by atoms with E-state index in [1.54, 1.807) is 0 Å². The van der Waals surface area contributed by atoms with Crippen molar-refractivity contribution in [2.45, 2.75) is 59.0 Å². The van der Waals surface area contributed by atoms with Gasteiger partial charge in [0, 0.05) is 13.0 Å². The van der Waals surface area contributed by atoms with Crippen molar-refractivity contribution in [3.8, 4) is 0 Å². The van der Waals surface area contributed by atoms with E-state index in [2.05, 4.69) is 25.5 Å². The number of methoxy groups -OCH3 is 1. The highest BCUT2D eigenvalue weighted by Crippen LogP contribution is 2.35. The van der Waals surface area contributed by atoms with Crippen LogP contribution in [0.5, 0.6) is 0 Å². The molecule has 0 spiro atoms. The third kappa shape index (κ3) is 4.97. The Kier molecular flexibility index (Phi) is 6.69. The van der Waals surface area contributed by atoms with E-state index in [0.29, 0.717) is 31.0 Å². The van der Waals surface area contributed by atoms with Crippen LogP contribution in [-0.2, 0) is 14.3 Å². The molecule has 0 saturated heterocycles. The number of carbonyl (C=O) groups excluding carboxylic acids is 1. The Balaban J connectivity index is 2.30. The molecular formula is C15H28O3. The van der Waals surface area contributed by atoms with E-state index in [4.69, 9.17) is 4.74 Å². The second-order valence-electron chi connectivity index (χ2n) is 5.92. The lowest BCUT2D eigenvalue weighted by Gasteiger charge is -2.37. The van der Waals surface area contributed by atoms with Gasteiger partial charge in [-0.05, 0) is 37.0 Å². The summed E-state index contributed by atoms with van der Waals surface area (Å²) in [5.74, 6) is 1.99. The molecule has 1 aliphatic rings. The Bertz CT molecular complexity index is 250. The molecular weight excluding hydrogens is 228 g/mol. The Morgan fingerprint density at radius 1 is 1.33 bits per heavy atom. The fourth-order valence-electron chi connectivity index (χ4n) is 2.86. The van der Waals surface area contributed by atoms with Gasteiger partial charge in [-0.3, -0.25) is 4.79 Å². The highest BCUT2D eigenvalue weighted by Gasteiger charge is 2.31. The van der Waals surface area contributed by atoms with Gasteiger partial charge in [0.1, 0.15) is 0 Å². The molecule has 3 nitrogen and oxygen atoms in total. The van der Waals surface area contributed by atoms with Crippen LogP contribution in [-0.4, -0.2) is 25.8 Å². The van der Waals surface area contributed by atoms with Gasteiger partial charge in [0.15, 0.2) is 0 Å². The van der Waals surface area contributed by atoms with E-state index in [1.165, 1.54) is 26.4 Å². The van der Waals surface area contributed by atoms with E-state index in [0.717, 1.165) is 12.3 Å². The molecule has 0 aromatic carbocycles. The van der Waals surface area contributed by atoms with Crippen LogP contribution >= 0.6 is 0 Å². The Morgan fingerprint density at radius 3 is 2.67 bits per heavy atom. The molecule has 0 aliphatic heterocycles. The molecule has 3 unspecified atom stereocenters. The predicted octanol–water partition coefficient (Wildman–Crippen LogP) is 3.42. The predicted molar refractivity (Wildman–Crippen MR) is 72.3 cm³/mol. The zero-order valence-electron chi connectivity index (χ0n) is 12.3. The van der Waals surface area contributed by atoms with E-state index in [1.807, 2.05) is 0 Å². The van der Waals surface area contributed by atoms with Gasteiger partial charge in [-0.25, -0.2) is 0 Å². The molecule has 106 valence electrons. The van der Waals surface area contributed by atoms with Gasteiger partial charge < -0.3 is 9.47 Å². The normalized spacial score (nSPS) is 28.4. The smallest absolute Gasteiger partial charge is 0.305 e. The van der Waals surface area contributed by atoms with Gasteiger partial charge in [-0.15, -0.1) is 0 Å². The molecule has 0 amide bonds. The van der Waals surface area contributed by atoms with Gasteiger partial charge in [-0.2, -0.15) is 0 Å². The second kappa shape index (κ2) is 7.78. The van der Waals surface area contributed by atoms with Crippen LogP contribution in [0.2, 0.25) is 0 Å². The first-order valence-corrected chi connectivity index (χ1v) is 7.23. The summed E-state index contributed by atoms with van der Waals surface area (Å²) in [5, 5.41) is 0. The van der Waals surface area contributed by atoms with Crippen molar-refractivity contribution >= 4 is 5.97 Å². The molecule has 3 heteroatoms. The summed E-state index contributed by atoms with van der Waals surface area (Å²) >= 11 is 0. The first-order valence-electron chi connectivity index (χ1n) is 7.23. The fourth-order valence-corrected chi connectivity index (χ4v) is 2.86. The minimum atomic E-state index is -0.143. The van der Waals surface area contributed by atoms with Crippen molar-refractivity contribution in [1.29, 1.82) is 0 Å². The summed E-state index contributed by atoms with van der Waals surface area (Å²) in [6, 6.07) is 0. The van der Waals surface area contributed by atoms with Crippen LogP contribution in [0.4, 0.5) is 0 Å². The Labute approximate surface area is 111 Å². The van der Waals surface area contributed by atoms with Gasteiger partial charge in [0.25, 0.3) is 0 Å². The van der Waals surface area contributed by atoms with Gasteiger partial charge >= 0.3 is 5.97 Å². The Hall–Kier alpha value is -0.570. The van der Waals surface area contributed by atoms with Crippen molar-refractivity contribution in [3.63, 3.8) is 0 Å². The van der Waals surface area contributed by atoms with Crippen LogP contribution in [0.15, 0.2) is 0 Å². The number of rotatable bonds is 6. The summed E-state index contributed by atoms with van der Waals surface area (Å²) in [7, 11) is 1.43. The largest absolute Gasteiger partial charge is 0.469 e. The first kappa shape index (κ1) is 15.5. The van der Waals surface area contributed by atoms with E-state index in [9.17, 15) is 4.79 Å². The summed E-state index contributed by atoms with van der Waals surface area (Å²) in [5.41, 5.74) is 0. The molecule has 3 atom stereocenters. The third-order valence-corrected chi connectivity index (χ3v) is 4.05. The minimum Gasteiger partial charge on any atom is -0.469 e. The summed E-state index contributed by atoms with van der Waals surface area (Å²) in [6.07, 6.45) is 5.38. The SMILES string of the molecule is COC(=O)CCCOC1CC(C)CCC1C(C)C. The third-order valence-electron chi connectivity index (χ3n) is 4.05. The van der Waals surface area contributed by atoms with Gasteiger partial charge in [-0.1, -0.05) is 27.2 Å². The summed E-state index contributed by atoms with van der Waals surface area (Å²) in [6.45, 7) is 7.55. The first-order chi connectivity index (χ1) is 8.54. The van der Waals surface area contributed by atoms with E-state index in [-0.39, 0.29) is 5.97 Å². The van der Waals surface area contributed by atoms with Crippen molar-refractivity contribution in [1.82, 2.24) is 0 Å². The molecule has 1 rings (SSSR count). The molecule has 0 bridgehead atoms. The maximum atomic E-state index is 11.0. The molecule has 0 aromatic heterocycles. The quantitative estimate of drug-likeness (QED) is 0.539. The summed E-state index contributed by atoms with van der Waals surface area (Å²) < 4.78 is 10.6. The molecule has 0 radical (unpaired) electrons. The number of carbonyl (C=O) groups is 1. The van der Waals surface area contributed by atoms with Crippen LogP contribution in [0, 0.1) is 17.8 Å². The van der Waals surface area contributed by atoms with Crippen LogP contribution in [0.25, 0.3) is 0 Å².